The molecule has 0 aromatic heterocycles. The molecule has 0 atom stereocenters. The zero-order valence-electron chi connectivity index (χ0n) is 16.6. The lowest BCUT2D eigenvalue weighted by molar-refractivity contribution is -0.120. The van der Waals surface area contributed by atoms with Gasteiger partial charge in [-0.15, -0.1) is 0 Å². The molecule has 4 rings (SSSR count). The second-order valence-electron chi connectivity index (χ2n) is 7.60. The zero-order valence-corrected chi connectivity index (χ0v) is 17.5. The maximum Gasteiger partial charge on any atom is 0.264 e. The van der Waals surface area contributed by atoms with E-state index in [2.05, 4.69) is 0 Å². The normalized spacial score (nSPS) is 17.2. The van der Waals surface area contributed by atoms with Crippen molar-refractivity contribution >= 4 is 21.6 Å². The summed E-state index contributed by atoms with van der Waals surface area (Å²) >= 11 is 0. The minimum absolute atomic E-state index is 0.0435. The lowest BCUT2D eigenvalue weighted by Crippen LogP contribution is -2.39. The number of nitrogens with zero attached hydrogens (tertiary/aromatic N) is 2. The first kappa shape index (κ1) is 19.9. The number of rotatable bonds is 5. The maximum atomic E-state index is 12.9. The van der Waals surface area contributed by atoms with Gasteiger partial charge in [0.2, 0.25) is 10.0 Å². The van der Waals surface area contributed by atoms with Crippen LogP contribution in [-0.4, -0.2) is 44.9 Å². The van der Waals surface area contributed by atoms with Crippen LogP contribution in [0.25, 0.3) is 0 Å². The highest BCUT2D eigenvalue weighted by Gasteiger charge is 2.29. The summed E-state index contributed by atoms with van der Waals surface area (Å²) in [6.45, 7) is 3.68. The van der Waals surface area contributed by atoms with E-state index in [0.717, 1.165) is 42.5 Å². The lowest BCUT2D eigenvalue weighted by Gasteiger charge is -2.30. The Bertz CT molecular complexity index is 1010. The number of anilines is 1. The Kier molecular flexibility index (Phi) is 5.61. The fourth-order valence-electron chi connectivity index (χ4n) is 4.01. The third-order valence-electron chi connectivity index (χ3n) is 5.62. The van der Waals surface area contributed by atoms with E-state index in [1.54, 1.807) is 27.4 Å². The second kappa shape index (κ2) is 8.16. The molecule has 0 saturated carbocycles. The van der Waals surface area contributed by atoms with Crippen molar-refractivity contribution in [3.05, 3.63) is 53.6 Å². The van der Waals surface area contributed by atoms with Gasteiger partial charge in [-0.05, 0) is 68.0 Å². The average molecular weight is 415 g/mol. The highest BCUT2D eigenvalue weighted by Crippen LogP contribution is 2.31. The SMILES string of the molecule is Cc1ccccc1OCC(=O)N1CCCc2cc(S(=O)(=O)N3CCCC3)ccc21. The van der Waals surface area contributed by atoms with Crippen LogP contribution < -0.4 is 9.64 Å². The Hall–Kier alpha value is -2.38. The lowest BCUT2D eigenvalue weighted by atomic mass is 10.0. The van der Waals surface area contributed by atoms with Crippen LogP contribution in [0.2, 0.25) is 0 Å². The van der Waals surface area contributed by atoms with Crippen LogP contribution in [0.5, 0.6) is 5.75 Å². The van der Waals surface area contributed by atoms with Crippen molar-refractivity contribution in [2.75, 3.05) is 31.1 Å². The molecule has 7 heteroatoms. The van der Waals surface area contributed by atoms with Gasteiger partial charge in [-0.2, -0.15) is 4.31 Å². The van der Waals surface area contributed by atoms with Gasteiger partial charge in [0, 0.05) is 25.3 Å². The summed E-state index contributed by atoms with van der Waals surface area (Å²) in [5.74, 6) is 0.578. The highest BCUT2D eigenvalue weighted by molar-refractivity contribution is 7.89. The molecule has 29 heavy (non-hydrogen) atoms. The molecule has 0 bridgehead atoms. The van der Waals surface area contributed by atoms with Crippen molar-refractivity contribution in [3.8, 4) is 5.75 Å². The van der Waals surface area contributed by atoms with E-state index in [9.17, 15) is 13.2 Å². The maximum absolute atomic E-state index is 12.9. The first-order chi connectivity index (χ1) is 14.0. The van der Waals surface area contributed by atoms with Gasteiger partial charge in [-0.3, -0.25) is 4.79 Å². The van der Waals surface area contributed by atoms with Crippen molar-refractivity contribution in [2.45, 2.75) is 37.5 Å². The standard InChI is InChI=1S/C22H26N2O4S/c1-17-7-2-3-9-21(17)28-16-22(25)24-14-6-8-18-15-19(10-11-20(18)24)29(26,27)23-12-4-5-13-23/h2-3,7,9-11,15H,4-6,8,12-14,16H2,1H3. The summed E-state index contributed by atoms with van der Waals surface area (Å²) in [5.41, 5.74) is 2.67. The molecule has 1 fully saturated rings. The molecule has 2 heterocycles. The van der Waals surface area contributed by atoms with Crippen LogP contribution in [0.15, 0.2) is 47.4 Å². The van der Waals surface area contributed by atoms with Crippen LogP contribution in [0, 0.1) is 6.92 Å². The monoisotopic (exact) mass is 414 g/mol. The number of sulfonamides is 1. The van der Waals surface area contributed by atoms with Crippen molar-refractivity contribution in [1.82, 2.24) is 4.31 Å². The van der Waals surface area contributed by atoms with Crippen LogP contribution in [0.1, 0.15) is 30.4 Å². The van der Waals surface area contributed by atoms with Gasteiger partial charge in [0.25, 0.3) is 5.91 Å². The highest BCUT2D eigenvalue weighted by atomic mass is 32.2. The van der Waals surface area contributed by atoms with E-state index in [-0.39, 0.29) is 12.5 Å². The van der Waals surface area contributed by atoms with E-state index in [1.807, 2.05) is 31.2 Å². The van der Waals surface area contributed by atoms with Crippen LogP contribution in [0.3, 0.4) is 0 Å². The van der Waals surface area contributed by atoms with Gasteiger partial charge in [0.05, 0.1) is 4.90 Å². The molecule has 0 spiro atoms. The number of hydrogen-bond acceptors (Lipinski definition) is 4. The van der Waals surface area contributed by atoms with E-state index in [4.69, 9.17) is 4.74 Å². The first-order valence-electron chi connectivity index (χ1n) is 10.1. The summed E-state index contributed by atoms with van der Waals surface area (Å²) < 4.78 is 33.0. The minimum atomic E-state index is -3.46. The number of carbonyl (C=O) groups is 1. The van der Waals surface area contributed by atoms with E-state index in [1.165, 1.54) is 0 Å². The quantitative estimate of drug-likeness (QED) is 0.754. The number of carbonyl (C=O) groups excluding carboxylic acids is 1. The molecule has 2 aliphatic rings. The molecule has 0 radical (unpaired) electrons. The number of para-hydroxylation sites is 1. The van der Waals surface area contributed by atoms with Gasteiger partial charge in [0.1, 0.15) is 5.75 Å². The Morgan fingerprint density at radius 2 is 1.79 bits per heavy atom. The Balaban J connectivity index is 1.52. The second-order valence-corrected chi connectivity index (χ2v) is 9.54. The van der Waals surface area contributed by atoms with Crippen molar-refractivity contribution < 1.29 is 17.9 Å². The predicted molar refractivity (Wildman–Crippen MR) is 112 cm³/mol. The summed E-state index contributed by atoms with van der Waals surface area (Å²) in [6, 6.07) is 12.7. The van der Waals surface area contributed by atoms with Gasteiger partial charge < -0.3 is 9.64 Å². The fourth-order valence-corrected chi connectivity index (χ4v) is 5.57. The molecule has 2 aliphatic heterocycles. The number of fused-ring (bicyclic) bond motifs is 1. The Morgan fingerprint density at radius 1 is 1.03 bits per heavy atom. The largest absolute Gasteiger partial charge is 0.483 e. The molecular formula is C22H26N2O4S. The summed E-state index contributed by atoms with van der Waals surface area (Å²) in [5, 5.41) is 0. The molecule has 6 nitrogen and oxygen atoms in total. The Morgan fingerprint density at radius 3 is 2.55 bits per heavy atom. The molecular weight excluding hydrogens is 388 g/mol. The molecule has 154 valence electrons. The van der Waals surface area contributed by atoms with Crippen molar-refractivity contribution in [1.29, 1.82) is 0 Å². The summed E-state index contributed by atoms with van der Waals surface area (Å²) in [7, 11) is -3.46. The van der Waals surface area contributed by atoms with Crippen LogP contribution >= 0.6 is 0 Å². The van der Waals surface area contributed by atoms with Gasteiger partial charge in [-0.1, -0.05) is 18.2 Å². The smallest absolute Gasteiger partial charge is 0.264 e. The number of amides is 1. The van der Waals surface area contributed by atoms with Crippen molar-refractivity contribution in [3.63, 3.8) is 0 Å². The fraction of sp³-hybridized carbons (Fsp3) is 0.409. The molecule has 0 N–H and O–H groups in total. The van der Waals surface area contributed by atoms with Crippen molar-refractivity contribution in [2.24, 2.45) is 0 Å². The topological polar surface area (TPSA) is 66.9 Å². The molecule has 1 amide bonds. The summed E-state index contributed by atoms with van der Waals surface area (Å²) in [6.07, 6.45) is 3.39. The van der Waals surface area contributed by atoms with Gasteiger partial charge in [0.15, 0.2) is 6.61 Å². The molecule has 0 aliphatic carbocycles. The number of benzene rings is 2. The zero-order chi connectivity index (χ0) is 20.4. The number of hydrogen-bond donors (Lipinski definition) is 0. The molecule has 0 unspecified atom stereocenters. The van der Waals surface area contributed by atoms with Gasteiger partial charge >= 0.3 is 0 Å². The predicted octanol–water partition coefficient (Wildman–Crippen LogP) is 3.14. The van der Waals surface area contributed by atoms with E-state index < -0.39 is 10.0 Å². The first-order valence-corrected chi connectivity index (χ1v) is 11.5. The number of aryl methyl sites for hydroxylation is 2. The Labute approximate surface area is 172 Å². The summed E-state index contributed by atoms with van der Waals surface area (Å²) in [4.78, 5) is 14.8. The average Bonchev–Trinajstić information content (AvgIpc) is 3.28. The molecule has 1 saturated heterocycles. The molecule has 2 aromatic carbocycles. The van der Waals surface area contributed by atoms with E-state index in [0.29, 0.717) is 30.3 Å². The van der Waals surface area contributed by atoms with Crippen LogP contribution in [-0.2, 0) is 21.2 Å². The van der Waals surface area contributed by atoms with Gasteiger partial charge in [-0.25, -0.2) is 8.42 Å². The third kappa shape index (κ3) is 4.02. The van der Waals surface area contributed by atoms with Crippen LogP contribution in [0.4, 0.5) is 5.69 Å². The van der Waals surface area contributed by atoms with E-state index >= 15 is 0 Å². The minimum Gasteiger partial charge on any atom is -0.483 e. The third-order valence-corrected chi connectivity index (χ3v) is 7.51. The molecule has 2 aromatic rings. The number of ether oxygens (including phenoxy) is 1.